The molecule has 0 aliphatic heterocycles. The van der Waals surface area contributed by atoms with Crippen molar-refractivity contribution in [2.75, 3.05) is 5.32 Å². The summed E-state index contributed by atoms with van der Waals surface area (Å²) in [6, 6.07) is 10.6. The molecule has 5 N–H and O–H groups in total. The molecule has 10 heteroatoms. The van der Waals surface area contributed by atoms with Crippen molar-refractivity contribution >= 4 is 34.9 Å². The standard InChI is InChI=1S/C23H26FN5O4/c1-14-6-11-18(12-15(14)2)26-21(31)5-3-4-19(28-29-23(33)22(32)27-25)13-20(30)16-7-9-17(24)10-8-16/h6-12H,3-5,13,25H2,1-2H3,(H,26,31)(H,27,32)(H,29,33)/b28-19+. The third-order valence-corrected chi connectivity index (χ3v) is 4.84. The Balaban J connectivity index is 1.99. The van der Waals surface area contributed by atoms with Crippen molar-refractivity contribution in [2.45, 2.75) is 39.5 Å². The van der Waals surface area contributed by atoms with Crippen LogP contribution in [0.5, 0.6) is 0 Å². The summed E-state index contributed by atoms with van der Waals surface area (Å²) in [5.74, 6) is 1.66. The Morgan fingerprint density at radius 2 is 1.64 bits per heavy atom. The number of carbonyl (C=O) groups is 4. The van der Waals surface area contributed by atoms with Gasteiger partial charge in [-0.15, -0.1) is 0 Å². The van der Waals surface area contributed by atoms with Crippen molar-refractivity contribution in [3.63, 3.8) is 0 Å². The van der Waals surface area contributed by atoms with E-state index in [1.165, 1.54) is 12.1 Å². The van der Waals surface area contributed by atoms with Crippen LogP contribution in [0.4, 0.5) is 10.1 Å². The number of hydrazone groups is 1. The average molecular weight is 455 g/mol. The van der Waals surface area contributed by atoms with Crippen molar-refractivity contribution < 1.29 is 23.6 Å². The lowest BCUT2D eigenvalue weighted by atomic mass is 10.0. The number of hydrogen-bond donors (Lipinski definition) is 4. The van der Waals surface area contributed by atoms with Gasteiger partial charge in [-0.25, -0.2) is 15.7 Å². The first-order valence-corrected chi connectivity index (χ1v) is 10.2. The fourth-order valence-electron chi connectivity index (χ4n) is 2.85. The van der Waals surface area contributed by atoms with Crippen molar-refractivity contribution in [3.8, 4) is 0 Å². The van der Waals surface area contributed by atoms with E-state index in [9.17, 15) is 23.6 Å². The predicted molar refractivity (Wildman–Crippen MR) is 122 cm³/mol. The monoisotopic (exact) mass is 455 g/mol. The Hall–Kier alpha value is -3.92. The fraction of sp³-hybridized carbons (Fsp3) is 0.261. The highest BCUT2D eigenvalue weighted by molar-refractivity contribution is 6.34. The van der Waals surface area contributed by atoms with Crippen LogP contribution in [0.25, 0.3) is 0 Å². The number of anilines is 1. The number of Topliss-reactive ketones (excluding diaryl/α,β-unsaturated/α-hetero) is 1. The van der Waals surface area contributed by atoms with Gasteiger partial charge in [0.1, 0.15) is 5.82 Å². The number of nitrogens with two attached hydrogens (primary N) is 1. The van der Waals surface area contributed by atoms with E-state index in [-0.39, 0.29) is 42.2 Å². The molecular weight excluding hydrogens is 429 g/mol. The number of rotatable bonds is 9. The van der Waals surface area contributed by atoms with Crippen LogP contribution in [0.1, 0.15) is 47.2 Å². The molecule has 0 atom stereocenters. The lowest BCUT2D eigenvalue weighted by molar-refractivity contribution is -0.139. The Labute approximate surface area is 190 Å². The molecule has 174 valence electrons. The Kier molecular flexibility index (Phi) is 9.37. The van der Waals surface area contributed by atoms with Gasteiger partial charge in [-0.2, -0.15) is 5.10 Å². The van der Waals surface area contributed by atoms with Crippen LogP contribution in [0.3, 0.4) is 0 Å². The summed E-state index contributed by atoms with van der Waals surface area (Å²) < 4.78 is 13.1. The van der Waals surface area contributed by atoms with Gasteiger partial charge in [0.15, 0.2) is 5.78 Å². The molecule has 0 aliphatic carbocycles. The van der Waals surface area contributed by atoms with E-state index in [1.54, 1.807) is 5.43 Å². The maximum Gasteiger partial charge on any atom is 0.330 e. The molecule has 33 heavy (non-hydrogen) atoms. The maximum atomic E-state index is 13.1. The predicted octanol–water partition coefficient (Wildman–Crippen LogP) is 2.29. The van der Waals surface area contributed by atoms with Gasteiger partial charge in [-0.05, 0) is 74.2 Å². The average Bonchev–Trinajstić information content (AvgIpc) is 2.79. The number of nitrogens with zero attached hydrogens (tertiary/aromatic N) is 1. The number of hydrogen-bond acceptors (Lipinski definition) is 6. The zero-order valence-electron chi connectivity index (χ0n) is 18.4. The number of halogens is 1. The minimum absolute atomic E-state index is 0.147. The number of carbonyl (C=O) groups excluding carboxylic acids is 4. The topological polar surface area (TPSA) is 143 Å². The summed E-state index contributed by atoms with van der Waals surface area (Å²) in [5.41, 5.74) is 7.08. The van der Waals surface area contributed by atoms with E-state index in [4.69, 9.17) is 5.84 Å². The van der Waals surface area contributed by atoms with Crippen molar-refractivity contribution in [1.29, 1.82) is 0 Å². The van der Waals surface area contributed by atoms with Gasteiger partial charge in [0, 0.05) is 23.4 Å². The summed E-state index contributed by atoms with van der Waals surface area (Å²) in [6.07, 6.45) is 0.506. The zero-order chi connectivity index (χ0) is 24.4. The minimum Gasteiger partial charge on any atom is -0.326 e. The van der Waals surface area contributed by atoms with Gasteiger partial charge in [0.2, 0.25) is 5.91 Å². The minimum atomic E-state index is -1.10. The van der Waals surface area contributed by atoms with Gasteiger partial charge < -0.3 is 5.32 Å². The van der Waals surface area contributed by atoms with Gasteiger partial charge in [0.05, 0.1) is 6.42 Å². The molecule has 0 unspecified atom stereocenters. The third kappa shape index (κ3) is 8.26. The highest BCUT2D eigenvalue weighted by atomic mass is 19.1. The molecule has 0 aliphatic rings. The number of hydrazine groups is 1. The molecule has 3 amide bonds. The SMILES string of the molecule is Cc1ccc(NC(=O)CCC/C(CC(=O)c2ccc(F)cc2)=N\NC(=O)C(=O)NN)cc1C. The molecule has 0 radical (unpaired) electrons. The van der Waals surface area contributed by atoms with E-state index in [1.807, 2.05) is 37.5 Å². The van der Waals surface area contributed by atoms with Gasteiger partial charge in [-0.3, -0.25) is 24.6 Å². The summed E-state index contributed by atoms with van der Waals surface area (Å²) >= 11 is 0. The molecule has 9 nitrogen and oxygen atoms in total. The lowest BCUT2D eigenvalue weighted by Crippen LogP contribution is -2.41. The first kappa shape index (κ1) is 25.3. The number of nitrogens with one attached hydrogen (secondary N) is 3. The Bertz CT molecular complexity index is 1070. The normalized spacial score (nSPS) is 11.0. The largest absolute Gasteiger partial charge is 0.330 e. The molecular formula is C23H26FN5O4. The second-order valence-electron chi connectivity index (χ2n) is 7.40. The van der Waals surface area contributed by atoms with Crippen LogP contribution in [-0.2, 0) is 14.4 Å². The van der Waals surface area contributed by atoms with Gasteiger partial charge >= 0.3 is 11.8 Å². The van der Waals surface area contributed by atoms with Crippen molar-refractivity contribution in [2.24, 2.45) is 10.9 Å². The van der Waals surface area contributed by atoms with E-state index in [0.29, 0.717) is 12.1 Å². The quantitative estimate of drug-likeness (QED) is 0.115. The maximum absolute atomic E-state index is 13.1. The molecule has 2 aromatic carbocycles. The van der Waals surface area contributed by atoms with E-state index in [2.05, 4.69) is 10.4 Å². The van der Waals surface area contributed by atoms with Crippen LogP contribution in [-0.4, -0.2) is 29.2 Å². The van der Waals surface area contributed by atoms with Gasteiger partial charge in [0.25, 0.3) is 0 Å². The Morgan fingerprint density at radius 3 is 2.27 bits per heavy atom. The highest BCUT2D eigenvalue weighted by Gasteiger charge is 2.15. The molecule has 0 bridgehead atoms. The van der Waals surface area contributed by atoms with Crippen LogP contribution >= 0.6 is 0 Å². The van der Waals surface area contributed by atoms with Crippen molar-refractivity contribution in [3.05, 3.63) is 65.0 Å². The molecule has 0 saturated carbocycles. The number of benzene rings is 2. The van der Waals surface area contributed by atoms with Crippen LogP contribution < -0.4 is 22.0 Å². The van der Waals surface area contributed by atoms with E-state index in [0.717, 1.165) is 23.3 Å². The third-order valence-electron chi connectivity index (χ3n) is 4.84. The first-order valence-electron chi connectivity index (χ1n) is 10.2. The van der Waals surface area contributed by atoms with Crippen molar-refractivity contribution in [1.82, 2.24) is 10.9 Å². The number of amides is 3. The van der Waals surface area contributed by atoms with Gasteiger partial charge in [-0.1, -0.05) is 6.07 Å². The molecule has 0 spiro atoms. The second kappa shape index (κ2) is 12.2. The molecule has 0 heterocycles. The second-order valence-corrected chi connectivity index (χ2v) is 7.40. The van der Waals surface area contributed by atoms with E-state index < -0.39 is 17.6 Å². The molecule has 0 fully saturated rings. The molecule has 0 aromatic heterocycles. The summed E-state index contributed by atoms with van der Waals surface area (Å²) in [5, 5.41) is 6.66. The first-order chi connectivity index (χ1) is 15.7. The zero-order valence-corrected chi connectivity index (χ0v) is 18.4. The van der Waals surface area contributed by atoms with Crippen LogP contribution in [0.15, 0.2) is 47.6 Å². The summed E-state index contributed by atoms with van der Waals surface area (Å²) in [7, 11) is 0. The highest BCUT2D eigenvalue weighted by Crippen LogP contribution is 2.15. The van der Waals surface area contributed by atoms with Crippen LogP contribution in [0.2, 0.25) is 0 Å². The van der Waals surface area contributed by atoms with Crippen LogP contribution in [0, 0.1) is 19.7 Å². The number of aryl methyl sites for hydroxylation is 2. The lowest BCUT2D eigenvalue weighted by Gasteiger charge is -2.09. The van der Waals surface area contributed by atoms with E-state index >= 15 is 0 Å². The number of ketones is 1. The smallest absolute Gasteiger partial charge is 0.326 e. The fourth-order valence-corrected chi connectivity index (χ4v) is 2.85. The molecule has 2 rings (SSSR count). The summed E-state index contributed by atoms with van der Waals surface area (Å²) in [4.78, 5) is 47.6. The molecule has 2 aromatic rings. The molecule has 0 saturated heterocycles. The Morgan fingerprint density at radius 1 is 0.939 bits per heavy atom. The summed E-state index contributed by atoms with van der Waals surface area (Å²) in [6.45, 7) is 3.93.